The summed E-state index contributed by atoms with van der Waals surface area (Å²) in [5.41, 5.74) is 2.74. The number of benzene rings is 2. The monoisotopic (exact) mass is 399 g/mol. The molecule has 1 saturated heterocycles. The van der Waals surface area contributed by atoms with E-state index in [9.17, 15) is 0 Å². The Kier molecular flexibility index (Phi) is 8.68. The van der Waals surface area contributed by atoms with Crippen LogP contribution in [0, 0.1) is 5.92 Å². The van der Waals surface area contributed by atoms with Crippen LogP contribution >= 0.6 is 0 Å². The Morgan fingerprint density at radius 1 is 1.03 bits per heavy atom. The number of para-hydroxylation sites is 1. The Morgan fingerprint density at radius 3 is 2.28 bits per heavy atom. The first-order valence-electron chi connectivity index (χ1n) is 9.83. The molecule has 29 heavy (non-hydrogen) atoms. The molecule has 0 bridgehead atoms. The summed E-state index contributed by atoms with van der Waals surface area (Å²) >= 11 is 0. The molecule has 0 unspecified atom stereocenters. The van der Waals surface area contributed by atoms with Gasteiger partial charge in [-0.2, -0.15) is 0 Å². The summed E-state index contributed by atoms with van der Waals surface area (Å²) in [6.45, 7) is 7.34. The van der Waals surface area contributed by atoms with Crippen LogP contribution in [0.15, 0.2) is 54.6 Å². The van der Waals surface area contributed by atoms with Crippen molar-refractivity contribution in [2.75, 3.05) is 19.7 Å². The van der Waals surface area contributed by atoms with E-state index in [1.807, 2.05) is 0 Å². The van der Waals surface area contributed by atoms with Crippen LogP contribution in [0.25, 0.3) is 0 Å². The van der Waals surface area contributed by atoms with Gasteiger partial charge in [0.05, 0.1) is 6.61 Å². The maximum absolute atomic E-state index is 9.10. The maximum Gasteiger partial charge on any atom is 0.414 e. The number of aliphatic carboxylic acids is 2. The van der Waals surface area contributed by atoms with E-state index in [0.29, 0.717) is 17.8 Å². The molecule has 1 aliphatic rings. The Morgan fingerprint density at radius 2 is 1.66 bits per heavy atom. The van der Waals surface area contributed by atoms with Crippen molar-refractivity contribution in [2.45, 2.75) is 32.1 Å². The summed E-state index contributed by atoms with van der Waals surface area (Å²) in [4.78, 5) is 18.2. The lowest BCUT2D eigenvalue weighted by atomic mass is 9.81. The number of piperidine rings is 1. The minimum Gasteiger partial charge on any atom is -0.493 e. The van der Waals surface area contributed by atoms with Crippen LogP contribution in [0.5, 0.6) is 5.75 Å². The lowest BCUT2D eigenvalue weighted by Gasteiger charge is -2.32. The molecular formula is C23H29NO5. The molecule has 1 aliphatic heterocycles. The molecule has 1 heterocycles. The van der Waals surface area contributed by atoms with Gasteiger partial charge in [0.15, 0.2) is 0 Å². The predicted molar refractivity (Wildman–Crippen MR) is 111 cm³/mol. The van der Waals surface area contributed by atoms with Crippen molar-refractivity contribution in [1.29, 1.82) is 0 Å². The first kappa shape index (κ1) is 22.4. The van der Waals surface area contributed by atoms with Crippen molar-refractivity contribution in [3.8, 4) is 5.75 Å². The van der Waals surface area contributed by atoms with Crippen LogP contribution in [0.2, 0.25) is 0 Å². The van der Waals surface area contributed by atoms with Crippen LogP contribution in [-0.2, 0) is 9.59 Å². The zero-order valence-electron chi connectivity index (χ0n) is 16.9. The van der Waals surface area contributed by atoms with Gasteiger partial charge in [-0.05, 0) is 42.0 Å². The Bertz CT molecular complexity index is 779. The third kappa shape index (κ3) is 6.91. The van der Waals surface area contributed by atoms with Gasteiger partial charge in [-0.3, -0.25) is 0 Å². The molecule has 6 heteroatoms. The van der Waals surface area contributed by atoms with Crippen molar-refractivity contribution in [1.82, 2.24) is 5.32 Å². The fraction of sp³-hybridized carbons (Fsp3) is 0.391. The smallest absolute Gasteiger partial charge is 0.414 e. The number of hydrogen-bond donors (Lipinski definition) is 3. The molecule has 2 aromatic carbocycles. The van der Waals surface area contributed by atoms with Gasteiger partial charge in [-0.1, -0.05) is 62.4 Å². The molecule has 0 spiro atoms. The number of carboxylic acids is 2. The second-order valence-corrected chi connectivity index (χ2v) is 7.38. The zero-order chi connectivity index (χ0) is 21.2. The van der Waals surface area contributed by atoms with Crippen molar-refractivity contribution in [2.24, 2.45) is 5.92 Å². The van der Waals surface area contributed by atoms with Crippen molar-refractivity contribution in [3.05, 3.63) is 65.7 Å². The Balaban J connectivity index is 0.000000438. The van der Waals surface area contributed by atoms with Crippen LogP contribution in [0.4, 0.5) is 0 Å². The molecule has 2 atom stereocenters. The molecular weight excluding hydrogens is 370 g/mol. The molecule has 0 radical (unpaired) electrons. The van der Waals surface area contributed by atoms with Crippen LogP contribution in [0.3, 0.4) is 0 Å². The number of carbonyl (C=O) groups is 2. The highest BCUT2D eigenvalue weighted by molar-refractivity contribution is 6.27. The van der Waals surface area contributed by atoms with Crippen LogP contribution < -0.4 is 10.1 Å². The summed E-state index contributed by atoms with van der Waals surface area (Å²) < 4.78 is 6.25. The number of rotatable bonds is 5. The predicted octanol–water partition coefficient (Wildman–Crippen LogP) is 3.74. The van der Waals surface area contributed by atoms with Crippen molar-refractivity contribution in [3.63, 3.8) is 0 Å². The van der Waals surface area contributed by atoms with Gasteiger partial charge >= 0.3 is 11.9 Å². The SMILES string of the molecule is CC(C)c1ccccc1OC[C@@H]1CNCC[C@H]1c1ccccc1.O=C(O)C(=O)O. The van der Waals surface area contributed by atoms with Gasteiger partial charge in [0, 0.05) is 12.5 Å². The molecule has 6 nitrogen and oxygen atoms in total. The molecule has 1 fully saturated rings. The number of ether oxygens (including phenoxy) is 1. The summed E-state index contributed by atoms with van der Waals surface area (Å²) in [7, 11) is 0. The summed E-state index contributed by atoms with van der Waals surface area (Å²) in [6.07, 6.45) is 1.18. The Hall–Kier alpha value is -2.86. The van der Waals surface area contributed by atoms with E-state index in [2.05, 4.69) is 73.8 Å². The second-order valence-electron chi connectivity index (χ2n) is 7.38. The van der Waals surface area contributed by atoms with E-state index < -0.39 is 11.9 Å². The van der Waals surface area contributed by atoms with Gasteiger partial charge < -0.3 is 20.3 Å². The van der Waals surface area contributed by atoms with Crippen molar-refractivity contribution < 1.29 is 24.5 Å². The zero-order valence-corrected chi connectivity index (χ0v) is 16.9. The second kappa shape index (κ2) is 11.2. The van der Waals surface area contributed by atoms with Crippen molar-refractivity contribution >= 4 is 11.9 Å². The number of nitrogens with one attached hydrogen (secondary N) is 1. The molecule has 0 saturated carbocycles. The Labute approximate surface area is 171 Å². The quantitative estimate of drug-likeness (QED) is 0.663. The molecule has 0 aliphatic carbocycles. The fourth-order valence-electron chi connectivity index (χ4n) is 3.52. The van der Waals surface area contributed by atoms with E-state index in [-0.39, 0.29) is 0 Å². The average molecular weight is 399 g/mol. The highest BCUT2D eigenvalue weighted by atomic mass is 16.5. The first-order chi connectivity index (χ1) is 13.9. The summed E-state index contributed by atoms with van der Waals surface area (Å²) in [6, 6.07) is 19.3. The standard InChI is InChI=1S/C21H27NO.C2H2O4/c1-16(2)19-10-6-7-11-21(19)23-15-18-14-22-13-12-20(18)17-8-4-3-5-9-17;3-1(4)2(5)6/h3-11,16,18,20,22H,12-15H2,1-2H3;(H,3,4)(H,5,6)/t18-,20-;/m0./s1. The van der Waals surface area contributed by atoms with Crippen LogP contribution in [0.1, 0.15) is 43.2 Å². The van der Waals surface area contributed by atoms with Gasteiger partial charge in [-0.25, -0.2) is 9.59 Å². The summed E-state index contributed by atoms with van der Waals surface area (Å²) in [5, 5.41) is 18.3. The van der Waals surface area contributed by atoms with Gasteiger partial charge in [-0.15, -0.1) is 0 Å². The van der Waals surface area contributed by atoms with E-state index in [1.54, 1.807) is 0 Å². The lowest BCUT2D eigenvalue weighted by molar-refractivity contribution is -0.159. The molecule has 2 aromatic rings. The van der Waals surface area contributed by atoms with E-state index in [4.69, 9.17) is 24.5 Å². The normalized spacial score (nSPS) is 18.4. The van der Waals surface area contributed by atoms with Crippen LogP contribution in [-0.4, -0.2) is 41.8 Å². The minimum atomic E-state index is -1.82. The number of carboxylic acid groups (broad SMARTS) is 2. The van der Waals surface area contributed by atoms with Gasteiger partial charge in [0.1, 0.15) is 5.75 Å². The van der Waals surface area contributed by atoms with E-state index >= 15 is 0 Å². The highest BCUT2D eigenvalue weighted by Gasteiger charge is 2.27. The highest BCUT2D eigenvalue weighted by Crippen LogP contribution is 2.32. The maximum atomic E-state index is 9.10. The summed E-state index contributed by atoms with van der Waals surface area (Å²) in [5.74, 6) is -1.01. The molecule has 0 aromatic heterocycles. The van der Waals surface area contributed by atoms with Gasteiger partial charge in [0.25, 0.3) is 0 Å². The third-order valence-electron chi connectivity index (χ3n) is 5.01. The largest absolute Gasteiger partial charge is 0.493 e. The number of hydrogen-bond acceptors (Lipinski definition) is 4. The van der Waals surface area contributed by atoms with E-state index in [1.165, 1.54) is 17.5 Å². The van der Waals surface area contributed by atoms with Gasteiger partial charge in [0.2, 0.25) is 0 Å². The molecule has 0 amide bonds. The first-order valence-corrected chi connectivity index (χ1v) is 9.83. The topological polar surface area (TPSA) is 95.9 Å². The molecule has 3 rings (SSSR count). The van der Waals surface area contributed by atoms with E-state index in [0.717, 1.165) is 25.4 Å². The minimum absolute atomic E-state index is 0.487. The molecule has 3 N–H and O–H groups in total. The average Bonchev–Trinajstić information content (AvgIpc) is 2.73. The third-order valence-corrected chi connectivity index (χ3v) is 5.01. The molecule has 156 valence electrons. The fourth-order valence-corrected chi connectivity index (χ4v) is 3.52. The lowest BCUT2D eigenvalue weighted by Crippen LogP contribution is -2.38.